The third-order valence-corrected chi connectivity index (χ3v) is 12.1. The zero-order valence-corrected chi connectivity index (χ0v) is 34.4. The number of hydrogen-bond donors (Lipinski definition) is 7. The first-order chi connectivity index (χ1) is 29.6. The zero-order valence-electron chi connectivity index (χ0n) is 34.4. The van der Waals surface area contributed by atoms with Crippen LogP contribution in [0.5, 0.6) is 17.2 Å². The van der Waals surface area contributed by atoms with Crippen LogP contribution in [0.1, 0.15) is 113 Å². The van der Waals surface area contributed by atoms with Gasteiger partial charge in [-0.3, -0.25) is 24.1 Å². The second kappa shape index (κ2) is 18.1. The van der Waals surface area contributed by atoms with Crippen LogP contribution in [0.4, 0.5) is 4.79 Å². The van der Waals surface area contributed by atoms with E-state index in [1.807, 2.05) is 6.92 Å². The first-order valence-corrected chi connectivity index (χ1v) is 20.5. The largest absolute Gasteiger partial charge is 0.507 e. The number of ether oxygens (including phenoxy) is 5. The van der Waals surface area contributed by atoms with Crippen molar-refractivity contribution in [1.29, 1.82) is 0 Å². The lowest BCUT2D eigenvalue weighted by Gasteiger charge is -2.42. The molecule has 18 nitrogen and oxygen atoms in total. The Morgan fingerprint density at radius 2 is 1.74 bits per heavy atom. The molecule has 7 atom stereocenters. The van der Waals surface area contributed by atoms with E-state index in [9.17, 15) is 54.4 Å². The molecular formula is C43H49BN2O16. The molecule has 0 spiro atoms. The average Bonchev–Trinajstić information content (AvgIpc) is 3.69. The molecule has 3 aromatic carbocycles. The maximum Gasteiger partial charge on any atom is 0.488 e. The number of ketones is 3. The summed E-state index contributed by atoms with van der Waals surface area (Å²) in [6.07, 6.45) is -4.51. The Bertz CT molecular complexity index is 2250. The van der Waals surface area contributed by atoms with E-state index in [-0.39, 0.29) is 65.5 Å². The molecule has 0 bridgehead atoms. The van der Waals surface area contributed by atoms with Crippen molar-refractivity contribution in [1.82, 2.24) is 10.2 Å². The Hall–Kier alpha value is -5.41. The number of carbonyl (C=O) groups excluding carboxylic acids is 5. The highest BCUT2D eigenvalue weighted by molar-refractivity contribution is 6.58. The maximum atomic E-state index is 14.1. The number of phenols is 2. The summed E-state index contributed by atoms with van der Waals surface area (Å²) in [5.74, 6) is -4.34. The fourth-order valence-corrected chi connectivity index (χ4v) is 8.81. The molecule has 2 heterocycles. The first kappa shape index (κ1) is 44.6. The normalized spacial score (nSPS) is 24.3. The molecule has 3 aromatic rings. The predicted molar refractivity (Wildman–Crippen MR) is 216 cm³/mol. The van der Waals surface area contributed by atoms with Crippen LogP contribution < -0.4 is 15.5 Å². The van der Waals surface area contributed by atoms with Gasteiger partial charge in [0.25, 0.3) is 0 Å². The van der Waals surface area contributed by atoms with Gasteiger partial charge in [-0.2, -0.15) is 0 Å². The summed E-state index contributed by atoms with van der Waals surface area (Å²) in [5, 5.41) is 67.2. The highest BCUT2D eigenvalue weighted by Gasteiger charge is 2.52. The molecule has 0 radical (unpaired) electrons. The van der Waals surface area contributed by atoms with Crippen LogP contribution in [0.25, 0.3) is 0 Å². The third-order valence-electron chi connectivity index (χ3n) is 12.1. The highest BCUT2D eigenvalue weighted by atomic mass is 16.7. The number of rotatable bonds is 14. The van der Waals surface area contributed by atoms with Gasteiger partial charge in [0.15, 0.2) is 17.9 Å². The number of benzene rings is 3. The topological polar surface area (TPSA) is 268 Å². The predicted octanol–water partition coefficient (Wildman–Crippen LogP) is 1.59. The van der Waals surface area contributed by atoms with Gasteiger partial charge in [0, 0.05) is 42.4 Å². The van der Waals surface area contributed by atoms with Gasteiger partial charge < -0.3 is 59.5 Å². The first-order valence-electron chi connectivity index (χ1n) is 20.5. The van der Waals surface area contributed by atoms with Crippen molar-refractivity contribution >= 4 is 41.9 Å². The zero-order chi connectivity index (χ0) is 44.6. The lowest BCUT2D eigenvalue weighted by Crippen LogP contribution is -2.53. The molecule has 19 heteroatoms. The third kappa shape index (κ3) is 8.28. The van der Waals surface area contributed by atoms with Crippen molar-refractivity contribution < 1.29 is 78.1 Å². The van der Waals surface area contributed by atoms with Gasteiger partial charge in [0.2, 0.25) is 11.7 Å². The molecule has 4 aliphatic rings. The molecule has 2 fully saturated rings. The summed E-state index contributed by atoms with van der Waals surface area (Å²) in [4.78, 5) is 69.0. The number of nitrogens with one attached hydrogen (secondary N) is 1. The molecule has 2 aliphatic heterocycles. The molecule has 7 rings (SSSR count). The van der Waals surface area contributed by atoms with E-state index in [4.69, 9.17) is 23.7 Å². The second-order valence-electron chi connectivity index (χ2n) is 16.0. The number of Topliss-reactive ketones (excluding diaryl/α,β-unsaturated/α-hetero) is 1. The summed E-state index contributed by atoms with van der Waals surface area (Å²) in [5.41, 5.74) is -3.44. The lowest BCUT2D eigenvalue weighted by molar-refractivity contribution is -0.246. The summed E-state index contributed by atoms with van der Waals surface area (Å²) >= 11 is 0. The van der Waals surface area contributed by atoms with Crippen LogP contribution in [0.15, 0.2) is 42.5 Å². The standard InChI is InChI=1S/C43H49BN2O16/c1-4-5-6-10-31(49)45-18-29(22-11-13-23(14-12-22)44(56)57)62-42(54)46-20-59-41-21(2)60-32(15-26(41)46)61-28-17-43(55,30(48)19-47)16-25-34(28)40(53)36-35(38(25)51)37(50)24-8-7-9-27(58-3)33(24)39(36)52/h7-9,11-14,21,26,28-29,32,41,47,51,53,55-57H,4-6,10,15-20H2,1-3H3,(H,45,49)/t21-,26-,28-,29?,32-,41+,43-/m0/s1. The number of amides is 2. The van der Waals surface area contributed by atoms with Gasteiger partial charge >= 0.3 is 13.2 Å². The number of aromatic hydroxyl groups is 2. The minimum absolute atomic E-state index is 0.0535. The van der Waals surface area contributed by atoms with Gasteiger partial charge in [-0.25, -0.2) is 4.79 Å². The number of aliphatic hydroxyl groups is 2. The number of methoxy groups -OCH3 is 1. The number of aliphatic hydroxyl groups excluding tert-OH is 1. The van der Waals surface area contributed by atoms with Crippen LogP contribution in [0.3, 0.4) is 0 Å². The highest BCUT2D eigenvalue weighted by Crippen LogP contribution is 2.53. The molecule has 62 heavy (non-hydrogen) atoms. The summed E-state index contributed by atoms with van der Waals surface area (Å²) in [6, 6.07) is 9.57. The summed E-state index contributed by atoms with van der Waals surface area (Å²) in [7, 11) is -0.424. The van der Waals surface area contributed by atoms with Crippen molar-refractivity contribution in [2.24, 2.45) is 0 Å². The van der Waals surface area contributed by atoms with E-state index >= 15 is 0 Å². The van der Waals surface area contributed by atoms with E-state index in [0.717, 1.165) is 12.8 Å². The molecule has 0 aromatic heterocycles. The number of phenolic OH excluding ortho intramolecular Hbond substituents is 2. The Morgan fingerprint density at radius 1 is 1.02 bits per heavy atom. The Labute approximate surface area is 356 Å². The van der Waals surface area contributed by atoms with Gasteiger partial charge in [-0.1, -0.05) is 56.2 Å². The molecular weight excluding hydrogens is 811 g/mol. The Balaban J connectivity index is 1.17. The maximum absolute atomic E-state index is 14.1. The quantitative estimate of drug-likeness (QED) is 0.0539. The van der Waals surface area contributed by atoms with Crippen LogP contribution in [0, 0.1) is 0 Å². The number of unbranched alkanes of at least 4 members (excludes halogenated alkanes) is 2. The van der Waals surface area contributed by atoms with Crippen molar-refractivity contribution in [3.63, 3.8) is 0 Å². The van der Waals surface area contributed by atoms with Crippen LogP contribution >= 0.6 is 0 Å². The number of carbonyl (C=O) groups is 5. The van der Waals surface area contributed by atoms with E-state index in [0.29, 0.717) is 12.0 Å². The smallest absolute Gasteiger partial charge is 0.488 e. The fraction of sp³-hybridized carbons (Fsp3) is 0.465. The van der Waals surface area contributed by atoms with Gasteiger partial charge in [0.05, 0.1) is 48.6 Å². The molecule has 330 valence electrons. The summed E-state index contributed by atoms with van der Waals surface area (Å²) in [6.45, 7) is 2.29. The van der Waals surface area contributed by atoms with E-state index in [2.05, 4.69) is 5.32 Å². The molecule has 2 aliphatic carbocycles. The van der Waals surface area contributed by atoms with Crippen LogP contribution in [-0.2, 0) is 35.0 Å². The Morgan fingerprint density at radius 3 is 2.42 bits per heavy atom. The van der Waals surface area contributed by atoms with E-state index < -0.39 is 115 Å². The second-order valence-corrected chi connectivity index (χ2v) is 16.0. The number of nitrogens with zero attached hydrogens (tertiary/aromatic N) is 1. The molecule has 2 amide bonds. The molecule has 1 unspecified atom stereocenters. The van der Waals surface area contributed by atoms with Crippen LogP contribution in [0.2, 0.25) is 0 Å². The van der Waals surface area contributed by atoms with Crippen molar-refractivity contribution in [2.75, 3.05) is 27.0 Å². The summed E-state index contributed by atoms with van der Waals surface area (Å²) < 4.78 is 29.9. The van der Waals surface area contributed by atoms with E-state index in [1.54, 1.807) is 19.1 Å². The minimum Gasteiger partial charge on any atom is -0.507 e. The average molecular weight is 861 g/mol. The molecule has 7 N–H and O–H groups in total. The number of hydrogen-bond acceptors (Lipinski definition) is 16. The fourth-order valence-electron chi connectivity index (χ4n) is 8.81. The van der Waals surface area contributed by atoms with Gasteiger partial charge in [-0.05, 0) is 30.4 Å². The molecule has 0 saturated carbocycles. The van der Waals surface area contributed by atoms with Crippen molar-refractivity contribution in [3.05, 3.63) is 81.4 Å². The molecule has 2 saturated heterocycles. The Kier molecular flexibility index (Phi) is 13.1. The van der Waals surface area contributed by atoms with Crippen LogP contribution in [-0.4, -0.2) is 129 Å². The van der Waals surface area contributed by atoms with Gasteiger partial charge in [-0.15, -0.1) is 0 Å². The SMILES string of the molecule is CCCCCC(=O)NCC(OC(=O)N1CO[C@@H]2[C@H](C)O[C@@H](O[C@H]3C[C@](O)(C(=O)CO)Cc4c(O)c5c(c(O)c43)C(=O)c3c(OC)cccc3C5=O)C[C@@H]21)c1ccc(B(O)O)cc1. The minimum atomic E-state index is -2.36. The number of fused-ring (bicyclic) bond motifs is 4. The van der Waals surface area contributed by atoms with Gasteiger partial charge in [0.1, 0.15) is 48.4 Å². The van der Waals surface area contributed by atoms with Crippen molar-refractivity contribution in [3.8, 4) is 17.2 Å². The van der Waals surface area contributed by atoms with E-state index in [1.165, 1.54) is 42.3 Å². The van der Waals surface area contributed by atoms with Crippen molar-refractivity contribution in [2.45, 2.75) is 101 Å². The lowest BCUT2D eigenvalue weighted by atomic mass is 9.72. The monoisotopic (exact) mass is 860 g/mol.